The fourth-order valence-electron chi connectivity index (χ4n) is 2.24. The SMILES string of the molecule is COC(=O)CCCCCCCCCCOc1ccccc1. The van der Waals surface area contributed by atoms with Crippen molar-refractivity contribution >= 4 is 5.97 Å². The Hall–Kier alpha value is -1.51. The lowest BCUT2D eigenvalue weighted by Crippen LogP contribution is -1.99. The van der Waals surface area contributed by atoms with E-state index in [1.165, 1.54) is 39.2 Å². The highest BCUT2D eigenvalue weighted by molar-refractivity contribution is 5.68. The summed E-state index contributed by atoms with van der Waals surface area (Å²) in [6.07, 6.45) is 10.0. The zero-order valence-electron chi connectivity index (χ0n) is 13.2. The molecule has 0 unspecified atom stereocenters. The van der Waals surface area contributed by atoms with Gasteiger partial charge in [0, 0.05) is 6.42 Å². The molecule has 0 aliphatic heterocycles. The number of rotatable bonds is 12. The standard InChI is InChI=1S/C18H28O3/c1-20-18(19)15-11-6-4-2-3-5-7-12-16-21-17-13-9-8-10-14-17/h8-10,13-14H,2-7,11-12,15-16H2,1H3. The molecule has 21 heavy (non-hydrogen) atoms. The first-order valence-corrected chi connectivity index (χ1v) is 8.07. The average Bonchev–Trinajstić information content (AvgIpc) is 2.53. The van der Waals surface area contributed by atoms with Crippen molar-refractivity contribution in [3.8, 4) is 5.75 Å². The molecule has 0 aliphatic rings. The van der Waals surface area contributed by atoms with Gasteiger partial charge in [-0.25, -0.2) is 0 Å². The molecule has 0 fully saturated rings. The van der Waals surface area contributed by atoms with E-state index < -0.39 is 0 Å². The zero-order valence-corrected chi connectivity index (χ0v) is 13.2. The average molecular weight is 292 g/mol. The summed E-state index contributed by atoms with van der Waals surface area (Å²) >= 11 is 0. The van der Waals surface area contributed by atoms with E-state index in [0.717, 1.165) is 31.6 Å². The van der Waals surface area contributed by atoms with Crippen molar-refractivity contribution in [3.63, 3.8) is 0 Å². The summed E-state index contributed by atoms with van der Waals surface area (Å²) in [5.74, 6) is 0.872. The molecule has 3 nitrogen and oxygen atoms in total. The largest absolute Gasteiger partial charge is 0.494 e. The van der Waals surface area contributed by atoms with Crippen LogP contribution in [0.2, 0.25) is 0 Å². The molecule has 0 spiro atoms. The summed E-state index contributed by atoms with van der Waals surface area (Å²) in [4.78, 5) is 10.9. The van der Waals surface area contributed by atoms with Crippen molar-refractivity contribution in [2.75, 3.05) is 13.7 Å². The summed E-state index contributed by atoms with van der Waals surface area (Å²) in [7, 11) is 1.45. The van der Waals surface area contributed by atoms with Gasteiger partial charge >= 0.3 is 5.97 Å². The maximum absolute atomic E-state index is 10.9. The molecular formula is C18H28O3. The molecule has 0 heterocycles. The van der Waals surface area contributed by atoms with E-state index in [2.05, 4.69) is 4.74 Å². The van der Waals surface area contributed by atoms with Gasteiger partial charge in [-0.3, -0.25) is 4.79 Å². The summed E-state index contributed by atoms with van der Waals surface area (Å²) in [5.41, 5.74) is 0. The zero-order chi connectivity index (χ0) is 15.2. The number of carbonyl (C=O) groups is 1. The van der Waals surface area contributed by atoms with Crippen molar-refractivity contribution in [1.82, 2.24) is 0 Å². The highest BCUT2D eigenvalue weighted by Crippen LogP contribution is 2.12. The van der Waals surface area contributed by atoms with Crippen LogP contribution < -0.4 is 4.74 Å². The highest BCUT2D eigenvalue weighted by atomic mass is 16.5. The van der Waals surface area contributed by atoms with Crippen LogP contribution in [0.15, 0.2) is 30.3 Å². The number of hydrogen-bond donors (Lipinski definition) is 0. The van der Waals surface area contributed by atoms with Crippen LogP contribution >= 0.6 is 0 Å². The van der Waals surface area contributed by atoms with E-state index >= 15 is 0 Å². The molecule has 0 radical (unpaired) electrons. The van der Waals surface area contributed by atoms with E-state index in [1.807, 2.05) is 30.3 Å². The Bertz CT molecular complexity index is 362. The van der Waals surface area contributed by atoms with Gasteiger partial charge in [0.05, 0.1) is 13.7 Å². The van der Waals surface area contributed by atoms with Gasteiger partial charge < -0.3 is 9.47 Å². The molecule has 3 heteroatoms. The number of para-hydroxylation sites is 1. The second-order valence-corrected chi connectivity index (χ2v) is 5.32. The van der Waals surface area contributed by atoms with Crippen molar-refractivity contribution < 1.29 is 14.3 Å². The summed E-state index contributed by atoms with van der Waals surface area (Å²) < 4.78 is 10.3. The lowest BCUT2D eigenvalue weighted by Gasteiger charge is -2.05. The maximum Gasteiger partial charge on any atom is 0.305 e. The lowest BCUT2D eigenvalue weighted by molar-refractivity contribution is -0.140. The second kappa shape index (κ2) is 12.2. The van der Waals surface area contributed by atoms with Crippen LogP contribution in [0, 0.1) is 0 Å². The quantitative estimate of drug-likeness (QED) is 0.412. The smallest absolute Gasteiger partial charge is 0.305 e. The van der Waals surface area contributed by atoms with Crippen LogP contribution in [0.25, 0.3) is 0 Å². The summed E-state index contributed by atoms with van der Waals surface area (Å²) in [6.45, 7) is 0.809. The van der Waals surface area contributed by atoms with Gasteiger partial charge in [-0.2, -0.15) is 0 Å². The fraction of sp³-hybridized carbons (Fsp3) is 0.611. The van der Waals surface area contributed by atoms with E-state index in [9.17, 15) is 4.79 Å². The highest BCUT2D eigenvalue weighted by Gasteiger charge is 1.99. The fourth-order valence-corrected chi connectivity index (χ4v) is 2.24. The molecule has 0 saturated heterocycles. The van der Waals surface area contributed by atoms with E-state index in [1.54, 1.807) is 0 Å². The predicted molar refractivity (Wildman–Crippen MR) is 85.5 cm³/mol. The summed E-state index contributed by atoms with van der Waals surface area (Å²) in [5, 5.41) is 0. The monoisotopic (exact) mass is 292 g/mol. The number of carbonyl (C=O) groups excluding carboxylic acids is 1. The molecule has 1 rings (SSSR count). The van der Waals surface area contributed by atoms with Crippen LogP contribution in [-0.2, 0) is 9.53 Å². The number of methoxy groups -OCH3 is 1. The Morgan fingerprint density at radius 2 is 1.43 bits per heavy atom. The van der Waals surface area contributed by atoms with E-state index in [4.69, 9.17) is 4.74 Å². The maximum atomic E-state index is 10.9. The van der Waals surface area contributed by atoms with Crippen molar-refractivity contribution in [2.45, 2.75) is 57.8 Å². The number of ether oxygens (including phenoxy) is 2. The van der Waals surface area contributed by atoms with Crippen molar-refractivity contribution in [2.24, 2.45) is 0 Å². The summed E-state index contributed by atoms with van der Waals surface area (Å²) in [6, 6.07) is 9.98. The van der Waals surface area contributed by atoms with Crippen LogP contribution in [0.3, 0.4) is 0 Å². The third-order valence-electron chi connectivity index (χ3n) is 3.51. The van der Waals surface area contributed by atoms with Gasteiger partial charge in [-0.15, -0.1) is 0 Å². The van der Waals surface area contributed by atoms with Gasteiger partial charge in [0.1, 0.15) is 5.75 Å². The minimum atomic E-state index is -0.0894. The third kappa shape index (κ3) is 9.94. The second-order valence-electron chi connectivity index (χ2n) is 5.32. The Balaban J connectivity index is 1.80. The minimum absolute atomic E-state index is 0.0894. The molecular weight excluding hydrogens is 264 g/mol. The van der Waals surface area contributed by atoms with Gasteiger partial charge in [0.2, 0.25) is 0 Å². The Morgan fingerprint density at radius 3 is 2.05 bits per heavy atom. The van der Waals surface area contributed by atoms with Gasteiger partial charge in [0.25, 0.3) is 0 Å². The first kappa shape index (κ1) is 17.5. The molecule has 0 aliphatic carbocycles. The number of hydrogen-bond acceptors (Lipinski definition) is 3. The molecule has 0 amide bonds. The van der Waals surface area contributed by atoms with Crippen molar-refractivity contribution in [3.05, 3.63) is 30.3 Å². The minimum Gasteiger partial charge on any atom is -0.494 e. The normalized spacial score (nSPS) is 10.3. The number of benzene rings is 1. The molecule has 1 aromatic rings. The van der Waals surface area contributed by atoms with E-state index in [0.29, 0.717) is 6.42 Å². The first-order chi connectivity index (χ1) is 10.3. The number of esters is 1. The molecule has 118 valence electrons. The molecule has 0 atom stereocenters. The first-order valence-electron chi connectivity index (χ1n) is 8.07. The Morgan fingerprint density at radius 1 is 0.857 bits per heavy atom. The van der Waals surface area contributed by atoms with E-state index in [-0.39, 0.29) is 5.97 Å². The molecule has 1 aromatic carbocycles. The lowest BCUT2D eigenvalue weighted by atomic mass is 10.1. The van der Waals surface area contributed by atoms with Crippen LogP contribution in [-0.4, -0.2) is 19.7 Å². The van der Waals surface area contributed by atoms with Crippen LogP contribution in [0.4, 0.5) is 0 Å². The Kier molecular flexibility index (Phi) is 10.2. The third-order valence-corrected chi connectivity index (χ3v) is 3.51. The van der Waals surface area contributed by atoms with Crippen LogP contribution in [0.1, 0.15) is 57.8 Å². The van der Waals surface area contributed by atoms with Gasteiger partial charge in [0.15, 0.2) is 0 Å². The van der Waals surface area contributed by atoms with Crippen molar-refractivity contribution in [1.29, 1.82) is 0 Å². The molecule has 0 aromatic heterocycles. The van der Waals surface area contributed by atoms with Gasteiger partial charge in [-0.05, 0) is 25.0 Å². The molecule has 0 saturated carbocycles. The van der Waals surface area contributed by atoms with Crippen LogP contribution in [0.5, 0.6) is 5.75 Å². The predicted octanol–water partition coefficient (Wildman–Crippen LogP) is 4.75. The Labute approximate surface area is 128 Å². The van der Waals surface area contributed by atoms with Gasteiger partial charge in [-0.1, -0.05) is 56.7 Å². The number of unbranched alkanes of at least 4 members (excludes halogenated alkanes) is 7. The molecule has 0 N–H and O–H groups in total. The topological polar surface area (TPSA) is 35.5 Å². The molecule has 0 bridgehead atoms.